The Balaban J connectivity index is 1.60. The first-order valence-corrected chi connectivity index (χ1v) is 8.21. The highest BCUT2D eigenvalue weighted by molar-refractivity contribution is 5.98. The molecule has 0 spiro atoms. The number of esters is 1. The van der Waals surface area contributed by atoms with Gasteiger partial charge in [0.1, 0.15) is 0 Å². The first kappa shape index (κ1) is 18.2. The predicted molar refractivity (Wildman–Crippen MR) is 96.8 cm³/mol. The van der Waals surface area contributed by atoms with Crippen LogP contribution < -0.4 is 20.1 Å². The SMILES string of the molecule is CC(=O)Nc1cccc(C(=O)OC(C)C(=O)Nc2ccc3c(c2)OCO3)c1. The number of benzene rings is 2. The van der Waals surface area contributed by atoms with Crippen LogP contribution in [0, 0.1) is 0 Å². The highest BCUT2D eigenvalue weighted by atomic mass is 16.7. The van der Waals surface area contributed by atoms with Crippen LogP contribution in [0.5, 0.6) is 11.5 Å². The number of amides is 2. The van der Waals surface area contributed by atoms with Crippen LogP contribution in [0.25, 0.3) is 0 Å². The van der Waals surface area contributed by atoms with Crippen LogP contribution >= 0.6 is 0 Å². The monoisotopic (exact) mass is 370 g/mol. The molecular formula is C19H18N2O6. The molecule has 1 atom stereocenters. The highest BCUT2D eigenvalue weighted by Crippen LogP contribution is 2.34. The van der Waals surface area contributed by atoms with Gasteiger partial charge in [-0.2, -0.15) is 0 Å². The van der Waals surface area contributed by atoms with Crippen molar-refractivity contribution in [2.75, 3.05) is 17.4 Å². The Morgan fingerprint density at radius 1 is 1.00 bits per heavy atom. The molecule has 0 saturated heterocycles. The molecule has 1 heterocycles. The fraction of sp³-hybridized carbons (Fsp3) is 0.211. The van der Waals surface area contributed by atoms with Crippen molar-refractivity contribution >= 4 is 29.2 Å². The van der Waals surface area contributed by atoms with Crippen LogP contribution in [0.2, 0.25) is 0 Å². The molecular weight excluding hydrogens is 352 g/mol. The van der Waals surface area contributed by atoms with Crippen molar-refractivity contribution < 1.29 is 28.6 Å². The van der Waals surface area contributed by atoms with Crippen molar-refractivity contribution in [3.05, 3.63) is 48.0 Å². The molecule has 0 fully saturated rings. The summed E-state index contributed by atoms with van der Waals surface area (Å²) >= 11 is 0. The first-order valence-electron chi connectivity index (χ1n) is 8.21. The number of hydrogen-bond acceptors (Lipinski definition) is 6. The van der Waals surface area contributed by atoms with Crippen LogP contribution in [0.1, 0.15) is 24.2 Å². The zero-order chi connectivity index (χ0) is 19.4. The Hall–Kier alpha value is -3.55. The number of carbonyl (C=O) groups excluding carboxylic acids is 3. The van der Waals surface area contributed by atoms with Gasteiger partial charge < -0.3 is 24.8 Å². The van der Waals surface area contributed by atoms with E-state index < -0.39 is 18.0 Å². The molecule has 0 saturated carbocycles. The van der Waals surface area contributed by atoms with Gasteiger partial charge in [0.05, 0.1) is 5.56 Å². The van der Waals surface area contributed by atoms with Crippen molar-refractivity contribution in [1.29, 1.82) is 0 Å². The summed E-state index contributed by atoms with van der Waals surface area (Å²) in [6.07, 6.45) is -1.02. The number of carbonyl (C=O) groups is 3. The molecule has 1 aliphatic heterocycles. The fourth-order valence-corrected chi connectivity index (χ4v) is 2.43. The van der Waals surface area contributed by atoms with Gasteiger partial charge in [-0.15, -0.1) is 0 Å². The molecule has 8 heteroatoms. The average molecular weight is 370 g/mol. The maximum atomic E-state index is 12.3. The van der Waals surface area contributed by atoms with Gasteiger partial charge in [0.15, 0.2) is 17.6 Å². The smallest absolute Gasteiger partial charge is 0.338 e. The predicted octanol–water partition coefficient (Wildman–Crippen LogP) is 2.56. The second-order valence-electron chi connectivity index (χ2n) is 5.87. The van der Waals surface area contributed by atoms with Crippen molar-refractivity contribution in [3.63, 3.8) is 0 Å². The number of rotatable bonds is 5. The summed E-state index contributed by atoms with van der Waals surface area (Å²) in [7, 11) is 0. The van der Waals surface area contributed by atoms with Crippen molar-refractivity contribution in [3.8, 4) is 11.5 Å². The summed E-state index contributed by atoms with van der Waals surface area (Å²) in [5.41, 5.74) is 1.19. The molecule has 2 amide bonds. The van der Waals surface area contributed by atoms with E-state index in [1.54, 1.807) is 30.3 Å². The van der Waals surface area contributed by atoms with E-state index in [0.717, 1.165) is 0 Å². The van der Waals surface area contributed by atoms with E-state index in [2.05, 4.69) is 10.6 Å². The maximum absolute atomic E-state index is 12.3. The number of fused-ring (bicyclic) bond motifs is 1. The molecule has 0 aliphatic carbocycles. The molecule has 1 aliphatic rings. The minimum absolute atomic E-state index is 0.137. The fourth-order valence-electron chi connectivity index (χ4n) is 2.43. The van der Waals surface area contributed by atoms with E-state index in [9.17, 15) is 14.4 Å². The van der Waals surface area contributed by atoms with Gasteiger partial charge in [0.2, 0.25) is 12.7 Å². The lowest BCUT2D eigenvalue weighted by Gasteiger charge is -2.14. The molecule has 140 valence electrons. The van der Waals surface area contributed by atoms with Crippen LogP contribution in [0.15, 0.2) is 42.5 Å². The number of nitrogens with one attached hydrogen (secondary N) is 2. The van der Waals surface area contributed by atoms with Crippen molar-refractivity contribution in [1.82, 2.24) is 0 Å². The summed E-state index contributed by atoms with van der Waals surface area (Å²) in [4.78, 5) is 35.6. The molecule has 0 radical (unpaired) electrons. The van der Waals surface area contributed by atoms with E-state index in [1.807, 2.05) is 0 Å². The minimum atomic E-state index is -1.02. The normalized spacial score (nSPS) is 12.8. The third-order valence-electron chi connectivity index (χ3n) is 3.71. The summed E-state index contributed by atoms with van der Waals surface area (Å²) in [5, 5.41) is 5.24. The zero-order valence-corrected chi connectivity index (χ0v) is 14.8. The van der Waals surface area contributed by atoms with Gasteiger partial charge in [0, 0.05) is 24.4 Å². The Morgan fingerprint density at radius 3 is 2.52 bits per heavy atom. The maximum Gasteiger partial charge on any atom is 0.338 e. The molecule has 2 aromatic carbocycles. The van der Waals surface area contributed by atoms with Crippen LogP contribution in [0.3, 0.4) is 0 Å². The number of anilines is 2. The first-order chi connectivity index (χ1) is 12.9. The van der Waals surface area contributed by atoms with Crippen molar-refractivity contribution in [2.24, 2.45) is 0 Å². The van der Waals surface area contributed by atoms with Gasteiger partial charge in [-0.25, -0.2) is 4.79 Å². The summed E-state index contributed by atoms with van der Waals surface area (Å²) in [6.45, 7) is 2.98. The van der Waals surface area contributed by atoms with E-state index in [0.29, 0.717) is 22.9 Å². The Morgan fingerprint density at radius 2 is 1.74 bits per heavy atom. The van der Waals surface area contributed by atoms with Crippen LogP contribution in [-0.4, -0.2) is 30.7 Å². The number of hydrogen-bond donors (Lipinski definition) is 2. The second-order valence-corrected chi connectivity index (χ2v) is 5.87. The standard InChI is InChI=1S/C19H18N2O6/c1-11(18(23)21-15-6-7-16-17(9-15)26-10-25-16)27-19(24)13-4-3-5-14(8-13)20-12(2)22/h3-9,11H,10H2,1-2H3,(H,20,22)(H,21,23). The highest BCUT2D eigenvalue weighted by Gasteiger charge is 2.21. The van der Waals surface area contributed by atoms with E-state index >= 15 is 0 Å². The molecule has 3 rings (SSSR count). The summed E-state index contributed by atoms with van der Waals surface area (Å²) in [6, 6.07) is 11.3. The van der Waals surface area contributed by atoms with Gasteiger partial charge in [0.25, 0.3) is 5.91 Å². The molecule has 27 heavy (non-hydrogen) atoms. The molecule has 8 nitrogen and oxygen atoms in total. The molecule has 0 aromatic heterocycles. The largest absolute Gasteiger partial charge is 0.454 e. The summed E-state index contributed by atoms with van der Waals surface area (Å²) < 4.78 is 15.7. The lowest BCUT2D eigenvalue weighted by Crippen LogP contribution is -2.30. The second kappa shape index (κ2) is 7.77. The topological polar surface area (TPSA) is 103 Å². The average Bonchev–Trinajstić information content (AvgIpc) is 3.09. The van der Waals surface area contributed by atoms with E-state index in [-0.39, 0.29) is 18.3 Å². The van der Waals surface area contributed by atoms with Crippen LogP contribution in [0.4, 0.5) is 11.4 Å². The lowest BCUT2D eigenvalue weighted by molar-refractivity contribution is -0.123. The third-order valence-corrected chi connectivity index (χ3v) is 3.71. The molecule has 0 bridgehead atoms. The Bertz CT molecular complexity index is 896. The van der Waals surface area contributed by atoms with Gasteiger partial charge in [-0.3, -0.25) is 9.59 Å². The van der Waals surface area contributed by atoms with E-state index in [1.165, 1.54) is 26.0 Å². The van der Waals surface area contributed by atoms with Gasteiger partial charge in [-0.1, -0.05) is 6.07 Å². The van der Waals surface area contributed by atoms with Crippen LogP contribution in [-0.2, 0) is 14.3 Å². The summed E-state index contributed by atoms with van der Waals surface area (Å²) in [5.74, 6) is -0.272. The Kier molecular flexibility index (Phi) is 5.25. The molecule has 1 unspecified atom stereocenters. The molecule has 2 aromatic rings. The minimum Gasteiger partial charge on any atom is -0.454 e. The van der Waals surface area contributed by atoms with Gasteiger partial charge >= 0.3 is 5.97 Å². The zero-order valence-electron chi connectivity index (χ0n) is 14.8. The lowest BCUT2D eigenvalue weighted by atomic mass is 10.2. The Labute approximate surface area is 155 Å². The number of ether oxygens (including phenoxy) is 3. The quantitative estimate of drug-likeness (QED) is 0.784. The van der Waals surface area contributed by atoms with Gasteiger partial charge in [-0.05, 0) is 37.3 Å². The third kappa shape index (κ3) is 4.55. The molecule has 2 N–H and O–H groups in total. The van der Waals surface area contributed by atoms with Crippen molar-refractivity contribution in [2.45, 2.75) is 20.0 Å². The van der Waals surface area contributed by atoms with E-state index in [4.69, 9.17) is 14.2 Å².